The molecule has 9 heteroatoms. The van der Waals surface area contributed by atoms with E-state index in [0.29, 0.717) is 62.0 Å². The summed E-state index contributed by atoms with van der Waals surface area (Å²) in [7, 11) is 4.80. The monoisotopic (exact) mass is 537 g/mol. The molecule has 1 N–H and O–H groups in total. The zero-order valence-corrected chi connectivity index (χ0v) is 23.5. The molecule has 0 aliphatic heterocycles. The first-order chi connectivity index (χ1) is 18.8. The van der Waals surface area contributed by atoms with Crippen molar-refractivity contribution in [3.8, 4) is 11.5 Å². The molecule has 9 nitrogen and oxygen atoms in total. The molecule has 1 aromatic heterocycles. The number of nitrogens with one attached hydrogen (secondary N) is 1. The number of nitrogens with zero attached hydrogens (tertiary/aromatic N) is 2. The Hall–Kier alpha value is -3.98. The molecule has 0 bridgehead atoms. The quantitative estimate of drug-likeness (QED) is 0.289. The van der Waals surface area contributed by atoms with E-state index in [1.54, 1.807) is 38.6 Å². The van der Waals surface area contributed by atoms with Gasteiger partial charge >= 0.3 is 6.03 Å². The summed E-state index contributed by atoms with van der Waals surface area (Å²) in [6.45, 7) is 5.52. The number of ether oxygens (including phenoxy) is 3. The van der Waals surface area contributed by atoms with Crippen LogP contribution in [0.4, 0.5) is 10.5 Å². The summed E-state index contributed by atoms with van der Waals surface area (Å²) >= 11 is 0. The molecule has 3 rings (SSSR count). The zero-order chi connectivity index (χ0) is 28.2. The van der Waals surface area contributed by atoms with Gasteiger partial charge in [0.05, 0.1) is 27.0 Å². The van der Waals surface area contributed by atoms with Crippen LogP contribution < -0.4 is 14.8 Å². The smallest absolute Gasteiger partial charge is 0.322 e. The summed E-state index contributed by atoms with van der Waals surface area (Å²) in [4.78, 5) is 30.1. The molecule has 0 fully saturated rings. The Morgan fingerprint density at radius 1 is 0.897 bits per heavy atom. The highest BCUT2D eigenvalue weighted by atomic mass is 16.5. The van der Waals surface area contributed by atoms with Crippen LogP contribution in [0.5, 0.6) is 11.5 Å². The number of rotatable bonds is 14. The zero-order valence-electron chi connectivity index (χ0n) is 23.5. The lowest BCUT2D eigenvalue weighted by Crippen LogP contribution is -2.45. The number of aryl methyl sites for hydroxylation is 2. The highest BCUT2D eigenvalue weighted by Crippen LogP contribution is 2.28. The van der Waals surface area contributed by atoms with E-state index >= 15 is 0 Å². The van der Waals surface area contributed by atoms with Crippen molar-refractivity contribution in [1.29, 1.82) is 0 Å². The van der Waals surface area contributed by atoms with E-state index < -0.39 is 0 Å². The minimum absolute atomic E-state index is 0.0764. The number of hydrogen-bond acceptors (Lipinski definition) is 6. The van der Waals surface area contributed by atoms with Crippen LogP contribution in [0, 0.1) is 13.8 Å². The van der Waals surface area contributed by atoms with Gasteiger partial charge in [-0.15, -0.1) is 0 Å². The number of benzene rings is 2. The maximum atomic E-state index is 13.6. The summed E-state index contributed by atoms with van der Waals surface area (Å²) in [6, 6.07) is 14.7. The predicted octanol–water partition coefficient (Wildman–Crippen LogP) is 5.06. The molecule has 2 aromatic carbocycles. The third kappa shape index (κ3) is 8.78. The fraction of sp³-hybridized carbons (Fsp3) is 0.400. The van der Waals surface area contributed by atoms with Gasteiger partial charge < -0.3 is 33.7 Å². The first-order valence-corrected chi connectivity index (χ1v) is 13.0. The summed E-state index contributed by atoms with van der Waals surface area (Å²) in [5.74, 6) is 1.76. The lowest BCUT2D eigenvalue weighted by Gasteiger charge is -2.27. The first kappa shape index (κ1) is 29.6. The van der Waals surface area contributed by atoms with Crippen LogP contribution in [0.15, 0.2) is 59.2 Å². The van der Waals surface area contributed by atoms with Gasteiger partial charge in [0.2, 0.25) is 5.91 Å². The van der Waals surface area contributed by atoms with E-state index in [2.05, 4.69) is 5.32 Å². The Kier molecular flexibility index (Phi) is 11.2. The van der Waals surface area contributed by atoms with Gasteiger partial charge in [-0.05, 0) is 79.8 Å². The van der Waals surface area contributed by atoms with E-state index in [1.165, 1.54) is 4.90 Å². The maximum absolute atomic E-state index is 13.6. The second kappa shape index (κ2) is 14.8. The second-order valence-electron chi connectivity index (χ2n) is 9.33. The summed E-state index contributed by atoms with van der Waals surface area (Å²) in [5.41, 5.74) is 3.90. The molecular weight excluding hydrogens is 498 g/mol. The van der Waals surface area contributed by atoms with Gasteiger partial charge in [-0.1, -0.05) is 12.1 Å². The van der Waals surface area contributed by atoms with Gasteiger partial charge in [0.25, 0.3) is 0 Å². The number of carbonyl (C=O) groups is 2. The molecule has 0 aliphatic rings. The third-order valence-corrected chi connectivity index (χ3v) is 6.55. The van der Waals surface area contributed by atoms with Crippen LogP contribution in [0.3, 0.4) is 0 Å². The Balaban J connectivity index is 1.74. The van der Waals surface area contributed by atoms with E-state index in [0.717, 1.165) is 16.7 Å². The van der Waals surface area contributed by atoms with Gasteiger partial charge in [0.15, 0.2) is 11.5 Å². The molecule has 0 atom stereocenters. The van der Waals surface area contributed by atoms with Crippen molar-refractivity contribution in [2.75, 3.05) is 52.9 Å². The highest BCUT2D eigenvalue weighted by molar-refractivity contribution is 5.92. The van der Waals surface area contributed by atoms with Crippen LogP contribution in [-0.2, 0) is 22.5 Å². The summed E-state index contributed by atoms with van der Waals surface area (Å²) in [5, 5.41) is 2.94. The van der Waals surface area contributed by atoms with E-state index in [1.807, 2.05) is 56.3 Å². The number of amides is 3. The molecular formula is C30H39N3O6. The van der Waals surface area contributed by atoms with Crippen LogP contribution >= 0.6 is 0 Å². The maximum Gasteiger partial charge on any atom is 0.322 e. The van der Waals surface area contributed by atoms with Gasteiger partial charge in [0.1, 0.15) is 12.3 Å². The fourth-order valence-electron chi connectivity index (χ4n) is 4.12. The predicted molar refractivity (Wildman–Crippen MR) is 150 cm³/mol. The summed E-state index contributed by atoms with van der Waals surface area (Å²) < 4.78 is 21.5. The van der Waals surface area contributed by atoms with Crippen LogP contribution in [-0.4, -0.2) is 69.3 Å². The number of anilines is 1. The van der Waals surface area contributed by atoms with Gasteiger partial charge in [-0.2, -0.15) is 0 Å². The molecule has 3 amide bonds. The van der Waals surface area contributed by atoms with Crippen molar-refractivity contribution in [3.63, 3.8) is 0 Å². The van der Waals surface area contributed by atoms with Gasteiger partial charge in [-0.3, -0.25) is 4.79 Å². The van der Waals surface area contributed by atoms with Crippen LogP contribution in [0.2, 0.25) is 0 Å². The highest BCUT2D eigenvalue weighted by Gasteiger charge is 2.22. The molecule has 39 heavy (non-hydrogen) atoms. The number of furan rings is 1. The van der Waals surface area contributed by atoms with Crippen molar-refractivity contribution in [1.82, 2.24) is 9.80 Å². The molecule has 0 unspecified atom stereocenters. The second-order valence-corrected chi connectivity index (χ2v) is 9.33. The van der Waals surface area contributed by atoms with Crippen molar-refractivity contribution >= 4 is 17.6 Å². The minimum atomic E-state index is -0.333. The van der Waals surface area contributed by atoms with Crippen LogP contribution in [0.1, 0.15) is 28.9 Å². The van der Waals surface area contributed by atoms with Crippen LogP contribution in [0.25, 0.3) is 0 Å². The van der Waals surface area contributed by atoms with E-state index in [4.69, 9.17) is 18.6 Å². The van der Waals surface area contributed by atoms with E-state index in [-0.39, 0.29) is 18.5 Å². The third-order valence-electron chi connectivity index (χ3n) is 6.55. The molecule has 3 aromatic rings. The molecule has 0 radical (unpaired) electrons. The standard InChI is InChI=1S/C30H39N3O6/c1-22-9-11-25(18-23(22)2)31-30(35)33(14-7-16-36-3)21-29(34)32(20-26-8-6-17-39-26)15-13-24-10-12-27(37-4)28(19-24)38-5/h6,8-12,17-19H,7,13-16,20-21H2,1-5H3,(H,31,35). The van der Waals surface area contributed by atoms with Gasteiger partial charge in [-0.25, -0.2) is 4.79 Å². The Labute approximate surface area is 230 Å². The first-order valence-electron chi connectivity index (χ1n) is 13.0. The van der Waals surface area contributed by atoms with E-state index in [9.17, 15) is 9.59 Å². The summed E-state index contributed by atoms with van der Waals surface area (Å²) in [6.07, 6.45) is 2.78. The Morgan fingerprint density at radius 3 is 2.36 bits per heavy atom. The normalized spacial score (nSPS) is 10.7. The average molecular weight is 538 g/mol. The Bertz CT molecular complexity index is 1210. The van der Waals surface area contributed by atoms with Gasteiger partial charge in [0, 0.05) is 32.5 Å². The van der Waals surface area contributed by atoms with Crippen molar-refractivity contribution in [2.24, 2.45) is 0 Å². The number of methoxy groups -OCH3 is 3. The lowest BCUT2D eigenvalue weighted by atomic mass is 10.1. The van der Waals surface area contributed by atoms with Crippen molar-refractivity contribution in [2.45, 2.75) is 33.2 Å². The fourth-order valence-corrected chi connectivity index (χ4v) is 4.12. The Morgan fingerprint density at radius 2 is 1.69 bits per heavy atom. The molecule has 0 saturated carbocycles. The molecule has 0 spiro atoms. The number of hydrogen-bond donors (Lipinski definition) is 1. The minimum Gasteiger partial charge on any atom is -0.493 e. The lowest BCUT2D eigenvalue weighted by molar-refractivity contribution is -0.132. The molecule has 1 heterocycles. The molecule has 0 aliphatic carbocycles. The SMILES string of the molecule is COCCCN(CC(=O)N(CCc1ccc(OC)c(OC)c1)Cc1ccco1)C(=O)Nc1ccc(C)c(C)c1. The van der Waals surface area contributed by atoms with Crippen molar-refractivity contribution < 1.29 is 28.2 Å². The topological polar surface area (TPSA) is 93.5 Å². The number of urea groups is 1. The molecule has 0 saturated heterocycles. The number of carbonyl (C=O) groups excluding carboxylic acids is 2. The average Bonchev–Trinajstić information content (AvgIpc) is 3.45. The molecule has 210 valence electrons. The largest absolute Gasteiger partial charge is 0.493 e. The van der Waals surface area contributed by atoms with Crippen molar-refractivity contribution in [3.05, 3.63) is 77.2 Å².